The van der Waals surface area contributed by atoms with Crippen molar-refractivity contribution in [3.8, 4) is 34.3 Å². The summed E-state index contributed by atoms with van der Waals surface area (Å²) in [5, 5.41) is 22.0. The smallest absolute Gasteiger partial charge is 0.403 e. The third-order valence-electron chi connectivity index (χ3n) is 9.99. The van der Waals surface area contributed by atoms with Gasteiger partial charge in [0.15, 0.2) is 0 Å². The summed E-state index contributed by atoms with van der Waals surface area (Å²) in [4.78, 5) is 43.9. The van der Waals surface area contributed by atoms with Crippen molar-refractivity contribution in [3.63, 3.8) is 0 Å². The summed E-state index contributed by atoms with van der Waals surface area (Å²) in [5.41, 5.74) is -13.7. The molecule has 0 bridgehead atoms. The molecule has 0 aliphatic rings. The van der Waals surface area contributed by atoms with Crippen LogP contribution in [0.2, 0.25) is 5.02 Å². The fourth-order valence-corrected chi connectivity index (χ4v) is 8.15. The van der Waals surface area contributed by atoms with Crippen LogP contribution in [-0.2, 0) is 12.4 Å². The Balaban J connectivity index is 0.000000181. The van der Waals surface area contributed by atoms with Crippen LogP contribution in [0.3, 0.4) is 0 Å². The van der Waals surface area contributed by atoms with Crippen molar-refractivity contribution in [3.05, 3.63) is 178 Å². The molecule has 3 heterocycles. The quantitative estimate of drug-likeness (QED) is 0.0769. The lowest BCUT2D eigenvalue weighted by Crippen LogP contribution is -2.12. The first-order valence-electron chi connectivity index (χ1n) is 22.5. The van der Waals surface area contributed by atoms with Crippen LogP contribution in [-0.4, -0.2) is 64.7 Å². The van der Waals surface area contributed by atoms with Gasteiger partial charge in [-0.15, -0.1) is 5.10 Å². The average molecular weight is 1270 g/mol. The van der Waals surface area contributed by atoms with Crippen LogP contribution in [0.5, 0.6) is 0 Å². The van der Waals surface area contributed by atoms with Crippen molar-refractivity contribution < 1.29 is 93.7 Å². The minimum Gasteiger partial charge on any atom is -0.403 e. The number of benzene rings is 6. The molecule has 34 heteroatoms. The molecular weight excluding hydrogens is 1240 g/mol. The van der Waals surface area contributed by atoms with Gasteiger partial charge >= 0.3 is 40.9 Å². The van der Waals surface area contributed by atoms with E-state index in [1.165, 1.54) is 48.5 Å². The fraction of sp³-hybridized carbons (Fsp3) is 0.100. The van der Waals surface area contributed by atoms with Crippen molar-refractivity contribution in [2.45, 2.75) is 43.6 Å². The van der Waals surface area contributed by atoms with E-state index in [1.54, 1.807) is 24.3 Å². The highest BCUT2D eigenvalue weighted by molar-refractivity contribution is 8.00. The average Bonchev–Trinajstić information content (AvgIpc) is 4.30. The molecule has 0 radical (unpaired) electrons. The lowest BCUT2D eigenvalue weighted by Gasteiger charge is -2.06. The van der Waals surface area contributed by atoms with Gasteiger partial charge in [-0.1, -0.05) is 40.1 Å². The molecule has 3 N–H and O–H groups in total. The summed E-state index contributed by atoms with van der Waals surface area (Å²) in [7, 11) is 0. The molecule has 3 amide bonds. The summed E-state index contributed by atoms with van der Waals surface area (Å²) in [5.74, 6) is -2.25. The SMILES string of the molecule is O=C(Nc1nc(-c2ccc(C(F)(F)F)cc2)no1)c1ccc(SC(F)(F)F)cc1.O=C(Nc1nnc(-c2cccc(Cl)c2)o1)c1ccc(SC(F)(F)F)cc1.O=C(Nc1noc(-c2ccc(C(F)(F)F)cc2)n1)c1ccc(SC(F)(F)F)cc1. The number of nitrogens with zero attached hydrogens (tertiary/aromatic N) is 6. The van der Waals surface area contributed by atoms with E-state index >= 15 is 0 Å². The van der Waals surface area contributed by atoms with Gasteiger partial charge in [0.25, 0.3) is 29.6 Å². The van der Waals surface area contributed by atoms with Crippen LogP contribution >= 0.6 is 46.9 Å². The number of thioether (sulfide) groups is 3. The molecule has 0 spiro atoms. The zero-order valence-electron chi connectivity index (χ0n) is 40.8. The molecule has 6 aromatic carbocycles. The summed E-state index contributed by atoms with van der Waals surface area (Å²) < 4.78 is 201. The van der Waals surface area contributed by atoms with Crippen molar-refractivity contribution in [2.24, 2.45) is 0 Å². The highest BCUT2D eigenvalue weighted by Gasteiger charge is 2.33. The summed E-state index contributed by atoms with van der Waals surface area (Å²) in [6.45, 7) is 0. The standard InChI is InChI=1S/2C17H9F6N3O2S.C16H9ClF3N3O2S/c18-16(19,20)11-5-1-10(2-6-11)14-25-15(26-28-14)24-13(27)9-3-7-12(8-4-9)29-17(21,22)23;18-16(19,20)11-5-1-9(2-6-11)13-24-15(28-26-13)25-14(27)10-3-7-12(8-4-10)29-17(21,22)23;17-11-3-1-2-10(8-11)14-22-23-15(25-14)21-13(24)9-4-6-12(7-5-9)26-16(18,19)20/h1-8H,(H,24,26,27);1-8H,(H,24,25,26,27);1-8H,(H,21,23,24). The van der Waals surface area contributed by atoms with Gasteiger partial charge in [-0.25, -0.2) is 0 Å². The van der Waals surface area contributed by atoms with E-state index in [1.807, 2.05) is 0 Å². The molecule has 3 aromatic heterocycles. The molecular formula is C50H27ClF15N9O6S3. The van der Waals surface area contributed by atoms with Gasteiger partial charge in [0.05, 0.1) is 11.1 Å². The van der Waals surface area contributed by atoms with Crippen molar-refractivity contribution in [2.75, 3.05) is 16.0 Å². The van der Waals surface area contributed by atoms with Gasteiger partial charge in [0, 0.05) is 53.1 Å². The number of anilines is 3. The number of carbonyl (C=O) groups excluding carboxylic acids is 3. The molecule has 0 saturated carbocycles. The van der Waals surface area contributed by atoms with Crippen LogP contribution in [0.25, 0.3) is 34.3 Å². The van der Waals surface area contributed by atoms with Gasteiger partial charge < -0.3 is 13.5 Å². The lowest BCUT2D eigenvalue weighted by molar-refractivity contribution is -0.138. The molecule has 84 heavy (non-hydrogen) atoms. The number of hydrogen-bond donors (Lipinski definition) is 3. The Labute approximate surface area is 477 Å². The Morgan fingerprint density at radius 2 is 0.857 bits per heavy atom. The Kier molecular flexibility index (Phi) is 19.8. The third-order valence-corrected chi connectivity index (χ3v) is 12.4. The Hall–Kier alpha value is -8.56. The number of rotatable bonds is 12. The number of hydrogen-bond acceptors (Lipinski definition) is 15. The number of carbonyl (C=O) groups is 3. The van der Waals surface area contributed by atoms with E-state index in [4.69, 9.17) is 25.1 Å². The summed E-state index contributed by atoms with van der Waals surface area (Å²) in [6.07, 6.45) is -8.97. The van der Waals surface area contributed by atoms with Gasteiger partial charge in [0.1, 0.15) is 0 Å². The molecule has 0 unspecified atom stereocenters. The van der Waals surface area contributed by atoms with Crippen LogP contribution < -0.4 is 16.0 Å². The molecule has 0 saturated heterocycles. The second-order valence-electron chi connectivity index (χ2n) is 16.0. The number of halogens is 16. The third kappa shape index (κ3) is 19.3. The number of alkyl halides is 15. The van der Waals surface area contributed by atoms with E-state index in [-0.39, 0.29) is 113 Å². The van der Waals surface area contributed by atoms with Crippen molar-refractivity contribution >= 4 is 82.6 Å². The van der Waals surface area contributed by atoms with E-state index in [0.717, 1.165) is 72.8 Å². The van der Waals surface area contributed by atoms with E-state index < -0.39 is 57.7 Å². The molecule has 9 aromatic rings. The highest BCUT2D eigenvalue weighted by Crippen LogP contribution is 2.39. The lowest BCUT2D eigenvalue weighted by atomic mass is 10.1. The Morgan fingerprint density at radius 3 is 1.29 bits per heavy atom. The van der Waals surface area contributed by atoms with Crippen LogP contribution in [0, 0.1) is 0 Å². The van der Waals surface area contributed by atoms with Crippen LogP contribution in [0.1, 0.15) is 42.2 Å². The molecule has 0 atom stereocenters. The Morgan fingerprint density at radius 1 is 0.429 bits per heavy atom. The number of nitrogens with one attached hydrogen (secondary N) is 3. The highest BCUT2D eigenvalue weighted by atomic mass is 35.5. The largest absolute Gasteiger partial charge is 0.446 e. The first-order valence-corrected chi connectivity index (χ1v) is 25.3. The molecule has 0 aliphatic carbocycles. The predicted octanol–water partition coefficient (Wildman–Crippen LogP) is 16.5. The van der Waals surface area contributed by atoms with Gasteiger partial charge in [-0.3, -0.25) is 30.3 Å². The van der Waals surface area contributed by atoms with Crippen LogP contribution in [0.4, 0.5) is 83.8 Å². The van der Waals surface area contributed by atoms with Gasteiger partial charge in [-0.2, -0.15) is 75.8 Å². The zero-order chi connectivity index (χ0) is 61.2. The minimum atomic E-state index is -4.49. The topological polar surface area (TPSA) is 204 Å². The van der Waals surface area contributed by atoms with Gasteiger partial charge in [-0.05, 0) is 168 Å². The van der Waals surface area contributed by atoms with Crippen molar-refractivity contribution in [1.82, 2.24) is 30.5 Å². The first kappa shape index (κ1) is 63.0. The maximum atomic E-state index is 12.6. The fourth-order valence-electron chi connectivity index (χ4n) is 6.34. The zero-order valence-corrected chi connectivity index (χ0v) is 44.0. The number of aromatic nitrogens is 6. The predicted molar refractivity (Wildman–Crippen MR) is 273 cm³/mol. The van der Waals surface area contributed by atoms with E-state index in [9.17, 15) is 80.2 Å². The normalized spacial score (nSPS) is 11.9. The van der Waals surface area contributed by atoms with E-state index in [0.29, 0.717) is 10.6 Å². The van der Waals surface area contributed by atoms with E-state index in [2.05, 4.69) is 46.4 Å². The minimum absolute atomic E-state index is 0.0184. The molecule has 0 aliphatic heterocycles. The second-order valence-corrected chi connectivity index (χ2v) is 19.8. The van der Waals surface area contributed by atoms with Gasteiger partial charge in [0.2, 0.25) is 11.7 Å². The maximum Gasteiger partial charge on any atom is 0.446 e. The molecule has 15 nitrogen and oxygen atoms in total. The second kappa shape index (κ2) is 26.3. The summed E-state index contributed by atoms with van der Waals surface area (Å²) in [6, 6.07) is 28.5. The summed E-state index contributed by atoms with van der Waals surface area (Å²) >= 11 is 5.00. The molecule has 9 rings (SSSR count). The van der Waals surface area contributed by atoms with Crippen molar-refractivity contribution in [1.29, 1.82) is 0 Å². The molecule has 438 valence electrons. The maximum absolute atomic E-state index is 12.6. The molecule has 0 fully saturated rings. The van der Waals surface area contributed by atoms with Crippen LogP contribution in [0.15, 0.2) is 174 Å². The first-order chi connectivity index (χ1) is 39.3. The monoisotopic (exact) mass is 1270 g/mol. The Bertz CT molecular complexity index is 3530. The number of amides is 3.